The Labute approximate surface area is 188 Å². The van der Waals surface area contributed by atoms with E-state index in [0.717, 1.165) is 42.9 Å². The van der Waals surface area contributed by atoms with E-state index in [0.29, 0.717) is 16.5 Å². The van der Waals surface area contributed by atoms with Gasteiger partial charge in [0.15, 0.2) is 0 Å². The van der Waals surface area contributed by atoms with E-state index in [-0.39, 0.29) is 5.56 Å². The summed E-state index contributed by atoms with van der Waals surface area (Å²) < 4.78 is 51.2. The molecule has 0 atom stereocenters. The molecule has 1 heterocycles. The SMILES string of the molecule is C=CSOCCCCCCCCSc1ccc2c(C)c(COC(F)(F)F)c(=O)oc2c1. The summed E-state index contributed by atoms with van der Waals surface area (Å²) in [7, 11) is 0. The molecule has 172 valence electrons. The van der Waals surface area contributed by atoms with Gasteiger partial charge < -0.3 is 8.60 Å². The number of fused-ring (bicyclic) bond motifs is 1. The van der Waals surface area contributed by atoms with Crippen LogP contribution in [0.1, 0.15) is 49.7 Å². The normalized spacial score (nSPS) is 11.9. The van der Waals surface area contributed by atoms with Crippen LogP contribution in [0.15, 0.2) is 44.3 Å². The van der Waals surface area contributed by atoms with Gasteiger partial charge >= 0.3 is 12.0 Å². The minimum absolute atomic E-state index is 0.115. The summed E-state index contributed by atoms with van der Waals surface area (Å²) in [6.45, 7) is 5.07. The molecule has 0 unspecified atom stereocenters. The molecule has 1 aromatic heterocycles. The highest BCUT2D eigenvalue weighted by Gasteiger charge is 2.30. The summed E-state index contributed by atoms with van der Waals surface area (Å²) in [6.07, 6.45) is 2.03. The monoisotopic (exact) mass is 476 g/mol. The van der Waals surface area contributed by atoms with Gasteiger partial charge in [-0.25, -0.2) is 4.79 Å². The molecule has 2 aromatic rings. The fourth-order valence-electron chi connectivity index (χ4n) is 3.04. The van der Waals surface area contributed by atoms with Gasteiger partial charge in [0, 0.05) is 22.3 Å². The van der Waals surface area contributed by atoms with Crippen LogP contribution in [0.2, 0.25) is 0 Å². The number of alkyl halides is 3. The van der Waals surface area contributed by atoms with Crippen LogP contribution >= 0.6 is 23.8 Å². The Morgan fingerprint density at radius 1 is 1.13 bits per heavy atom. The minimum atomic E-state index is -4.80. The molecule has 0 bridgehead atoms. The zero-order valence-corrected chi connectivity index (χ0v) is 19.1. The lowest BCUT2D eigenvalue weighted by molar-refractivity contribution is -0.330. The van der Waals surface area contributed by atoms with Crippen molar-refractivity contribution < 1.29 is 26.5 Å². The maximum Gasteiger partial charge on any atom is 0.522 e. The predicted molar refractivity (Wildman–Crippen MR) is 120 cm³/mol. The fourth-order valence-corrected chi connectivity index (χ4v) is 4.29. The van der Waals surface area contributed by atoms with E-state index in [2.05, 4.69) is 11.3 Å². The first-order chi connectivity index (χ1) is 14.8. The average Bonchev–Trinajstić information content (AvgIpc) is 2.71. The Morgan fingerprint density at radius 3 is 2.55 bits per heavy atom. The number of ether oxygens (including phenoxy) is 1. The molecule has 4 nitrogen and oxygen atoms in total. The molecule has 1 aromatic carbocycles. The molecule has 0 saturated carbocycles. The highest BCUT2D eigenvalue weighted by Crippen LogP contribution is 2.28. The van der Waals surface area contributed by atoms with E-state index in [4.69, 9.17) is 8.60 Å². The van der Waals surface area contributed by atoms with Gasteiger partial charge in [0.25, 0.3) is 0 Å². The summed E-state index contributed by atoms with van der Waals surface area (Å²) >= 11 is 2.95. The fraction of sp³-hybridized carbons (Fsp3) is 0.500. The molecule has 0 aliphatic rings. The molecule has 0 saturated heterocycles. The van der Waals surface area contributed by atoms with Crippen LogP contribution in [0.3, 0.4) is 0 Å². The first-order valence-corrected chi connectivity index (χ1v) is 11.9. The van der Waals surface area contributed by atoms with Crippen molar-refractivity contribution in [2.45, 2.75) is 63.3 Å². The lowest BCUT2D eigenvalue weighted by Gasteiger charge is -2.11. The van der Waals surface area contributed by atoms with Crippen LogP contribution in [0.5, 0.6) is 0 Å². The zero-order chi connectivity index (χ0) is 22.7. The molecule has 0 aliphatic heterocycles. The molecule has 31 heavy (non-hydrogen) atoms. The van der Waals surface area contributed by atoms with Crippen LogP contribution < -0.4 is 5.63 Å². The molecule has 0 spiro atoms. The number of aryl methyl sites for hydroxylation is 1. The lowest BCUT2D eigenvalue weighted by atomic mass is 10.1. The van der Waals surface area contributed by atoms with Crippen LogP contribution in [-0.4, -0.2) is 18.7 Å². The largest absolute Gasteiger partial charge is 0.522 e. The second-order valence-electron chi connectivity index (χ2n) is 6.94. The van der Waals surface area contributed by atoms with Gasteiger partial charge in [0.2, 0.25) is 0 Å². The topological polar surface area (TPSA) is 48.7 Å². The lowest BCUT2D eigenvalue weighted by Crippen LogP contribution is -2.18. The number of unbranched alkanes of at least 4 members (excludes halogenated alkanes) is 5. The molecule has 0 N–H and O–H groups in total. The smallest absolute Gasteiger partial charge is 0.422 e. The summed E-state index contributed by atoms with van der Waals surface area (Å²) in [5, 5.41) is 2.28. The van der Waals surface area contributed by atoms with E-state index in [1.54, 1.807) is 36.2 Å². The maximum atomic E-state index is 12.3. The molecule has 0 amide bonds. The number of rotatable bonds is 14. The highest BCUT2D eigenvalue weighted by molar-refractivity contribution is 7.99. The van der Waals surface area contributed by atoms with Crippen molar-refractivity contribution in [1.29, 1.82) is 0 Å². The average molecular weight is 477 g/mol. The maximum absolute atomic E-state index is 12.3. The van der Waals surface area contributed by atoms with Gasteiger partial charge in [-0.3, -0.25) is 4.74 Å². The van der Waals surface area contributed by atoms with Crippen LogP contribution in [0.4, 0.5) is 13.2 Å². The van der Waals surface area contributed by atoms with Crippen LogP contribution in [0.25, 0.3) is 11.0 Å². The first kappa shape index (κ1) is 25.8. The van der Waals surface area contributed by atoms with E-state index >= 15 is 0 Å². The molecule has 2 rings (SSSR count). The van der Waals surface area contributed by atoms with Gasteiger partial charge in [0.1, 0.15) is 5.58 Å². The molecule has 0 radical (unpaired) electrons. The second-order valence-corrected chi connectivity index (χ2v) is 8.87. The quantitative estimate of drug-likeness (QED) is 0.123. The van der Waals surface area contributed by atoms with Crippen molar-refractivity contribution in [2.24, 2.45) is 0 Å². The molecular formula is C22H27F3O4S2. The van der Waals surface area contributed by atoms with Gasteiger partial charge in [-0.05, 0) is 54.7 Å². The van der Waals surface area contributed by atoms with E-state index in [1.165, 1.54) is 24.9 Å². The van der Waals surface area contributed by atoms with Gasteiger partial charge in [-0.1, -0.05) is 32.3 Å². The first-order valence-electron chi connectivity index (χ1n) is 10.1. The van der Waals surface area contributed by atoms with Crippen molar-refractivity contribution in [3.8, 4) is 0 Å². The van der Waals surface area contributed by atoms with E-state index < -0.39 is 18.6 Å². The third-order valence-corrected chi connectivity index (χ3v) is 6.18. The summed E-state index contributed by atoms with van der Waals surface area (Å²) in [5.41, 5.74) is -0.0956. The number of benzene rings is 1. The minimum Gasteiger partial charge on any atom is -0.422 e. The Morgan fingerprint density at radius 2 is 1.84 bits per heavy atom. The Balaban J connectivity index is 1.79. The van der Waals surface area contributed by atoms with Crippen molar-refractivity contribution >= 4 is 34.8 Å². The van der Waals surface area contributed by atoms with Crippen molar-refractivity contribution in [2.75, 3.05) is 12.4 Å². The van der Waals surface area contributed by atoms with Crippen LogP contribution in [0, 0.1) is 6.92 Å². The summed E-state index contributed by atoms with van der Waals surface area (Å²) in [4.78, 5) is 13.1. The Hall–Kier alpha value is -1.42. The Kier molecular flexibility index (Phi) is 11.0. The van der Waals surface area contributed by atoms with Gasteiger partial charge in [-0.2, -0.15) is 0 Å². The zero-order valence-electron chi connectivity index (χ0n) is 17.5. The van der Waals surface area contributed by atoms with Crippen molar-refractivity contribution in [3.05, 3.63) is 51.7 Å². The standard InChI is InChI=1S/C22H27F3O4S2/c1-3-31-28-12-8-6-4-5-7-9-13-30-17-10-11-18-16(2)19(15-27-22(23,24)25)21(26)29-20(18)14-17/h3,10-11,14H,1,4-9,12-13,15H2,2H3. The third kappa shape index (κ3) is 9.31. The number of hydrogen-bond donors (Lipinski definition) is 0. The summed E-state index contributed by atoms with van der Waals surface area (Å²) in [6, 6.07) is 5.44. The van der Waals surface area contributed by atoms with E-state index in [9.17, 15) is 18.0 Å². The predicted octanol–water partition coefficient (Wildman–Crippen LogP) is 7.38. The number of halogens is 3. The van der Waals surface area contributed by atoms with Gasteiger partial charge in [0.05, 0.1) is 18.8 Å². The number of hydrogen-bond acceptors (Lipinski definition) is 6. The van der Waals surface area contributed by atoms with Crippen molar-refractivity contribution in [1.82, 2.24) is 0 Å². The second kappa shape index (κ2) is 13.2. The Bertz CT molecular complexity index is 897. The van der Waals surface area contributed by atoms with E-state index in [1.807, 2.05) is 6.07 Å². The molecular weight excluding hydrogens is 449 g/mol. The molecule has 9 heteroatoms. The molecule has 0 fully saturated rings. The van der Waals surface area contributed by atoms with Gasteiger partial charge in [-0.15, -0.1) is 24.9 Å². The molecule has 0 aliphatic carbocycles. The highest BCUT2D eigenvalue weighted by atomic mass is 32.2. The summed E-state index contributed by atoms with van der Waals surface area (Å²) in [5.74, 6) is 0.950. The third-order valence-electron chi connectivity index (χ3n) is 4.67. The van der Waals surface area contributed by atoms with Crippen molar-refractivity contribution in [3.63, 3.8) is 0 Å². The number of thioether (sulfide) groups is 1. The van der Waals surface area contributed by atoms with Crippen LogP contribution in [-0.2, 0) is 15.5 Å².